The van der Waals surface area contributed by atoms with Crippen molar-refractivity contribution in [2.24, 2.45) is 0 Å². The number of halogens is 1. The smallest absolute Gasteiger partial charge is 0.341 e. The summed E-state index contributed by atoms with van der Waals surface area (Å²) in [4.78, 5) is 24.8. The minimum atomic E-state index is -0.404. The van der Waals surface area contributed by atoms with Gasteiger partial charge in [-0.3, -0.25) is 4.79 Å². The summed E-state index contributed by atoms with van der Waals surface area (Å²) in [6.45, 7) is 2.62. The lowest BCUT2D eigenvalue weighted by Crippen LogP contribution is -2.46. The predicted octanol–water partition coefficient (Wildman–Crippen LogP) is 0.709. The summed E-state index contributed by atoms with van der Waals surface area (Å²) in [7, 11) is 0. The van der Waals surface area contributed by atoms with E-state index in [1.807, 2.05) is 0 Å². The van der Waals surface area contributed by atoms with E-state index in [9.17, 15) is 9.59 Å². The van der Waals surface area contributed by atoms with Gasteiger partial charge in [-0.2, -0.15) is 9.89 Å². The number of rotatable bonds is 3. The Kier molecular flexibility index (Phi) is 3.86. The van der Waals surface area contributed by atoms with Gasteiger partial charge in [-0.05, 0) is 19.8 Å². The Morgan fingerprint density at radius 2 is 2.33 bits per heavy atom. The molecule has 2 rings (SSSR count). The standard InChI is InChI=1S/C11H14ClN3O3/c1-2-18-11(17)8-7-13-15-9(8)4-3-5-14(15)10(16)6-12/h7H,2-6H2,1H3. The summed E-state index contributed by atoms with van der Waals surface area (Å²) >= 11 is 5.55. The zero-order chi connectivity index (χ0) is 13.1. The van der Waals surface area contributed by atoms with Crippen molar-refractivity contribution < 1.29 is 14.3 Å². The predicted molar refractivity (Wildman–Crippen MR) is 65.3 cm³/mol. The van der Waals surface area contributed by atoms with Crippen LogP contribution in [-0.4, -0.2) is 40.8 Å². The van der Waals surface area contributed by atoms with Crippen LogP contribution in [0, 0.1) is 0 Å². The topological polar surface area (TPSA) is 64.4 Å². The summed E-state index contributed by atoms with van der Waals surface area (Å²) in [5, 5.41) is 5.53. The van der Waals surface area contributed by atoms with Gasteiger partial charge in [0.15, 0.2) is 0 Å². The first-order chi connectivity index (χ1) is 8.69. The molecule has 0 unspecified atom stereocenters. The van der Waals surface area contributed by atoms with Crippen molar-refractivity contribution in [3.63, 3.8) is 0 Å². The van der Waals surface area contributed by atoms with Crippen LogP contribution in [-0.2, 0) is 16.0 Å². The van der Waals surface area contributed by atoms with Crippen molar-refractivity contribution >= 4 is 23.5 Å². The molecule has 7 heteroatoms. The summed E-state index contributed by atoms with van der Waals surface area (Å²) in [5.41, 5.74) is 1.13. The third-order valence-corrected chi connectivity index (χ3v) is 2.99. The van der Waals surface area contributed by atoms with E-state index in [4.69, 9.17) is 16.3 Å². The van der Waals surface area contributed by atoms with Crippen LogP contribution in [0.2, 0.25) is 0 Å². The molecule has 1 aromatic rings. The van der Waals surface area contributed by atoms with Crippen LogP contribution in [0.4, 0.5) is 0 Å². The molecule has 1 amide bonds. The first-order valence-corrected chi connectivity index (χ1v) is 6.33. The van der Waals surface area contributed by atoms with Crippen LogP contribution in [0.1, 0.15) is 29.4 Å². The number of aromatic nitrogens is 2. The van der Waals surface area contributed by atoms with Crippen molar-refractivity contribution in [3.8, 4) is 0 Å². The van der Waals surface area contributed by atoms with Gasteiger partial charge in [0.25, 0.3) is 5.91 Å². The number of ether oxygens (including phenoxy) is 1. The molecule has 0 radical (unpaired) electrons. The number of esters is 1. The lowest BCUT2D eigenvalue weighted by atomic mass is 10.1. The molecular weight excluding hydrogens is 258 g/mol. The fraction of sp³-hybridized carbons (Fsp3) is 0.545. The molecule has 1 aliphatic heterocycles. The molecule has 0 bridgehead atoms. The molecular formula is C11H14ClN3O3. The van der Waals surface area contributed by atoms with Gasteiger partial charge >= 0.3 is 5.97 Å². The molecule has 0 saturated heterocycles. The third-order valence-electron chi connectivity index (χ3n) is 2.76. The van der Waals surface area contributed by atoms with E-state index >= 15 is 0 Å². The summed E-state index contributed by atoms with van der Waals surface area (Å²) in [6, 6.07) is 0. The van der Waals surface area contributed by atoms with Crippen molar-refractivity contribution in [1.82, 2.24) is 9.89 Å². The Balaban J connectivity index is 2.32. The lowest BCUT2D eigenvalue weighted by Gasteiger charge is -2.27. The Labute approximate surface area is 109 Å². The van der Waals surface area contributed by atoms with Crippen molar-refractivity contribution in [2.75, 3.05) is 24.0 Å². The molecule has 0 atom stereocenters. The van der Waals surface area contributed by atoms with Crippen molar-refractivity contribution in [2.45, 2.75) is 19.8 Å². The normalized spacial score (nSPS) is 14.2. The molecule has 0 saturated carbocycles. The van der Waals surface area contributed by atoms with Crippen LogP contribution < -0.4 is 5.01 Å². The van der Waals surface area contributed by atoms with Crippen LogP contribution in [0.3, 0.4) is 0 Å². The minimum Gasteiger partial charge on any atom is -0.462 e. The molecule has 0 spiro atoms. The first-order valence-electron chi connectivity index (χ1n) is 5.79. The highest BCUT2D eigenvalue weighted by atomic mass is 35.5. The second-order valence-electron chi connectivity index (χ2n) is 3.87. The molecule has 6 nitrogen and oxygen atoms in total. The second-order valence-corrected chi connectivity index (χ2v) is 4.14. The summed E-state index contributed by atoms with van der Waals surface area (Å²) in [5.74, 6) is -0.733. The molecule has 98 valence electrons. The zero-order valence-corrected chi connectivity index (χ0v) is 10.8. The van der Waals surface area contributed by atoms with Crippen molar-refractivity contribution in [1.29, 1.82) is 0 Å². The van der Waals surface area contributed by atoms with E-state index in [1.165, 1.54) is 16.0 Å². The van der Waals surface area contributed by atoms with Gasteiger partial charge in [-0.15, -0.1) is 11.6 Å². The van der Waals surface area contributed by atoms with Crippen LogP contribution in [0.5, 0.6) is 0 Å². The van der Waals surface area contributed by atoms with E-state index in [0.29, 0.717) is 30.8 Å². The van der Waals surface area contributed by atoms with E-state index in [1.54, 1.807) is 6.92 Å². The lowest BCUT2D eigenvalue weighted by molar-refractivity contribution is -0.118. The number of fused-ring (bicyclic) bond motifs is 1. The highest BCUT2D eigenvalue weighted by molar-refractivity contribution is 6.28. The average Bonchev–Trinajstić information content (AvgIpc) is 2.81. The Bertz CT molecular complexity index is 472. The maximum Gasteiger partial charge on any atom is 0.341 e. The number of carbonyl (C=O) groups excluding carboxylic acids is 2. The van der Waals surface area contributed by atoms with Gasteiger partial charge in [0.05, 0.1) is 18.5 Å². The van der Waals surface area contributed by atoms with Gasteiger partial charge in [0.2, 0.25) is 0 Å². The number of hydrogen-bond acceptors (Lipinski definition) is 4. The molecule has 2 heterocycles. The number of alkyl halides is 1. The number of nitrogens with zero attached hydrogens (tertiary/aromatic N) is 3. The molecule has 0 fully saturated rings. The highest BCUT2D eigenvalue weighted by Crippen LogP contribution is 2.18. The molecule has 1 aromatic heterocycles. The van der Waals surface area contributed by atoms with E-state index in [0.717, 1.165) is 6.42 Å². The fourth-order valence-electron chi connectivity index (χ4n) is 1.98. The van der Waals surface area contributed by atoms with Crippen LogP contribution in [0.25, 0.3) is 0 Å². The zero-order valence-electron chi connectivity index (χ0n) is 10.1. The largest absolute Gasteiger partial charge is 0.462 e. The quantitative estimate of drug-likeness (QED) is 0.600. The van der Waals surface area contributed by atoms with Crippen molar-refractivity contribution in [3.05, 3.63) is 17.5 Å². The van der Waals surface area contributed by atoms with E-state index in [2.05, 4.69) is 5.10 Å². The van der Waals surface area contributed by atoms with E-state index < -0.39 is 5.97 Å². The average molecular weight is 272 g/mol. The van der Waals surface area contributed by atoms with Crippen LogP contribution in [0.15, 0.2) is 6.20 Å². The Morgan fingerprint density at radius 3 is 3.00 bits per heavy atom. The number of amides is 1. The Morgan fingerprint density at radius 1 is 1.56 bits per heavy atom. The maximum absolute atomic E-state index is 11.7. The Hall–Kier alpha value is -1.56. The molecule has 0 aromatic carbocycles. The summed E-state index contributed by atoms with van der Waals surface area (Å²) in [6.07, 6.45) is 2.91. The highest BCUT2D eigenvalue weighted by Gasteiger charge is 2.27. The van der Waals surface area contributed by atoms with Crippen LogP contribution >= 0.6 is 11.6 Å². The summed E-state index contributed by atoms with van der Waals surface area (Å²) < 4.78 is 4.95. The van der Waals surface area contributed by atoms with Gasteiger partial charge in [-0.1, -0.05) is 0 Å². The molecule has 1 aliphatic rings. The van der Waals surface area contributed by atoms with Gasteiger partial charge in [-0.25, -0.2) is 9.80 Å². The second kappa shape index (κ2) is 5.39. The molecule has 0 N–H and O–H groups in total. The minimum absolute atomic E-state index is 0.103. The van der Waals surface area contributed by atoms with Gasteiger partial charge < -0.3 is 4.74 Å². The first kappa shape index (κ1) is 12.9. The third kappa shape index (κ3) is 2.20. The number of carbonyl (C=O) groups is 2. The van der Waals surface area contributed by atoms with Gasteiger partial charge in [0, 0.05) is 6.54 Å². The van der Waals surface area contributed by atoms with E-state index in [-0.39, 0.29) is 11.8 Å². The van der Waals surface area contributed by atoms with Gasteiger partial charge in [0.1, 0.15) is 11.4 Å². The number of hydrogen-bond donors (Lipinski definition) is 0. The maximum atomic E-state index is 11.7. The monoisotopic (exact) mass is 271 g/mol. The molecule has 18 heavy (non-hydrogen) atoms. The SMILES string of the molecule is CCOC(=O)c1cnn2c1CCCN2C(=O)CCl. The molecule has 0 aliphatic carbocycles. The fourth-order valence-corrected chi connectivity index (χ4v) is 2.11.